The lowest BCUT2D eigenvalue weighted by molar-refractivity contribution is 1.12. The molecule has 0 bridgehead atoms. The van der Waals surface area contributed by atoms with Crippen molar-refractivity contribution in [3.05, 3.63) is 47.2 Å². The van der Waals surface area contributed by atoms with Crippen molar-refractivity contribution >= 4 is 33.6 Å². The van der Waals surface area contributed by atoms with Crippen LogP contribution in [0.4, 0.5) is 0 Å². The van der Waals surface area contributed by atoms with Crippen molar-refractivity contribution in [3.63, 3.8) is 0 Å². The fourth-order valence-corrected chi connectivity index (χ4v) is 2.98. The van der Waals surface area contributed by atoms with Gasteiger partial charge in [-0.2, -0.15) is 15.8 Å². The van der Waals surface area contributed by atoms with Crippen molar-refractivity contribution in [3.8, 4) is 41.8 Å². The second-order valence-corrected chi connectivity index (χ2v) is 6.30. The molecule has 0 fully saturated rings. The number of nitriles is 3. The lowest BCUT2D eigenvalue weighted by atomic mass is 10.1. The Morgan fingerprint density at radius 3 is 1.84 bits per heavy atom. The van der Waals surface area contributed by atoms with Crippen molar-refractivity contribution in [2.24, 2.45) is 0 Å². The maximum Gasteiger partial charge on any atom is 0.199 e. The monoisotopic (exact) mass is 411 g/mol. The predicted octanol–water partition coefficient (Wildman–Crippen LogP) is 1.57. The highest BCUT2D eigenvalue weighted by Crippen LogP contribution is 2.23. The number of rotatable bonds is 1. The van der Waals surface area contributed by atoms with E-state index < -0.39 is 0 Å². The molecule has 0 aliphatic carbocycles. The Balaban J connectivity index is 1.67. The van der Waals surface area contributed by atoms with Crippen LogP contribution in [0.25, 0.3) is 44.9 Å². The highest BCUT2D eigenvalue weighted by Gasteiger charge is 2.13. The molecule has 4 aromatic heterocycles. The molecule has 144 valence electrons. The van der Waals surface area contributed by atoms with Crippen LogP contribution in [-0.2, 0) is 0 Å². The van der Waals surface area contributed by atoms with E-state index in [1.165, 1.54) is 6.20 Å². The molecule has 0 N–H and O–H groups in total. The van der Waals surface area contributed by atoms with Gasteiger partial charge in [0.1, 0.15) is 18.2 Å². The van der Waals surface area contributed by atoms with Crippen LogP contribution in [0.1, 0.15) is 22.8 Å². The van der Waals surface area contributed by atoms with Gasteiger partial charge in [-0.1, -0.05) is 6.07 Å². The minimum atomic E-state index is -0.125. The normalized spacial score (nSPS) is 10.4. The summed E-state index contributed by atoms with van der Waals surface area (Å²) in [6, 6.07) is 10.8. The molecular weight excluding hydrogens is 406 g/mol. The summed E-state index contributed by atoms with van der Waals surface area (Å²) < 4.78 is 0. The predicted molar refractivity (Wildman–Crippen MR) is 109 cm³/mol. The van der Waals surface area contributed by atoms with Gasteiger partial charge in [-0.25, -0.2) is 39.9 Å². The van der Waals surface area contributed by atoms with Crippen molar-refractivity contribution in [1.29, 1.82) is 15.8 Å². The molecule has 0 atom stereocenters. The Morgan fingerprint density at radius 1 is 0.625 bits per heavy atom. The van der Waals surface area contributed by atoms with E-state index in [1.807, 2.05) is 18.2 Å². The lowest BCUT2D eigenvalue weighted by Crippen LogP contribution is -2.01. The molecule has 0 saturated carbocycles. The molecule has 0 spiro atoms. The van der Waals surface area contributed by atoms with Crippen molar-refractivity contribution < 1.29 is 0 Å². The highest BCUT2D eigenvalue weighted by atomic mass is 15.0. The Bertz CT molecular complexity index is 1780. The molecule has 1 aromatic carbocycles. The van der Waals surface area contributed by atoms with Crippen LogP contribution in [0.5, 0.6) is 0 Å². The lowest BCUT2D eigenvalue weighted by Gasteiger charge is -2.05. The number of fused-ring (bicyclic) bond motifs is 3. The largest absolute Gasteiger partial charge is 0.232 e. The van der Waals surface area contributed by atoms with Gasteiger partial charge in [-0.05, 0) is 18.1 Å². The van der Waals surface area contributed by atoms with E-state index in [0.717, 1.165) is 0 Å². The van der Waals surface area contributed by atoms with Gasteiger partial charge in [-0.15, -0.1) is 6.42 Å². The maximum absolute atomic E-state index is 9.21. The Labute approximate surface area is 178 Å². The summed E-state index contributed by atoms with van der Waals surface area (Å²) in [5.74, 6) is 2.32. The number of benzene rings is 1. The third kappa shape index (κ3) is 2.84. The SMILES string of the molecule is C#Cc1nc2nc3ccc(-c4cnc5nc(C#N)c(C#N)nc5n4)cc3nc2nc1C#N. The van der Waals surface area contributed by atoms with Gasteiger partial charge in [0, 0.05) is 5.56 Å². The zero-order valence-corrected chi connectivity index (χ0v) is 15.8. The zero-order valence-electron chi connectivity index (χ0n) is 15.8. The fourth-order valence-electron chi connectivity index (χ4n) is 2.98. The molecule has 4 heterocycles. The average molecular weight is 411 g/mol. The Hall–Kier alpha value is -5.65. The molecule has 32 heavy (non-hydrogen) atoms. The van der Waals surface area contributed by atoms with Crippen LogP contribution in [0.2, 0.25) is 0 Å². The standard InChI is InChI=1S/C21H5N11/c1-2-11-14(6-22)30-21-20(26-11)27-12-4-3-10(5-13(12)28-21)17-9-25-18-19(32-17)31-16(8-24)15(7-23)29-18/h1,3-5,9H. The summed E-state index contributed by atoms with van der Waals surface area (Å²) in [5, 5.41) is 27.5. The van der Waals surface area contributed by atoms with E-state index in [2.05, 4.69) is 45.8 Å². The topological polar surface area (TPSA) is 174 Å². The van der Waals surface area contributed by atoms with E-state index in [1.54, 1.807) is 18.2 Å². The molecule has 0 unspecified atom stereocenters. The fraction of sp³-hybridized carbons (Fsp3) is 0. The molecule has 5 rings (SSSR count). The maximum atomic E-state index is 9.21. The summed E-state index contributed by atoms with van der Waals surface area (Å²) in [7, 11) is 0. The van der Waals surface area contributed by atoms with Gasteiger partial charge in [0.05, 0.1) is 22.9 Å². The number of aromatic nitrogens is 8. The second kappa shape index (κ2) is 7.00. The van der Waals surface area contributed by atoms with E-state index in [9.17, 15) is 5.26 Å². The summed E-state index contributed by atoms with van der Waals surface area (Å²) in [6.45, 7) is 0. The summed E-state index contributed by atoms with van der Waals surface area (Å²) >= 11 is 0. The van der Waals surface area contributed by atoms with E-state index in [0.29, 0.717) is 22.3 Å². The molecule has 11 heteroatoms. The van der Waals surface area contributed by atoms with Gasteiger partial charge in [-0.3, -0.25) is 0 Å². The molecule has 5 aromatic rings. The number of nitrogens with zero attached hydrogens (tertiary/aromatic N) is 11. The summed E-state index contributed by atoms with van der Waals surface area (Å²) in [5.41, 5.74) is 2.71. The number of hydrogen-bond donors (Lipinski definition) is 0. The molecule has 0 aliphatic heterocycles. The van der Waals surface area contributed by atoms with Crippen LogP contribution in [-0.4, -0.2) is 39.9 Å². The Morgan fingerprint density at radius 2 is 1.19 bits per heavy atom. The number of hydrogen-bond acceptors (Lipinski definition) is 11. The summed E-state index contributed by atoms with van der Waals surface area (Å²) in [6.07, 6.45) is 6.86. The smallest absolute Gasteiger partial charge is 0.199 e. The minimum absolute atomic E-state index is 0.00573. The van der Waals surface area contributed by atoms with Gasteiger partial charge in [0.2, 0.25) is 0 Å². The molecule has 0 aliphatic rings. The quantitative estimate of drug-likeness (QED) is 0.289. The molecule has 0 radical (unpaired) electrons. The molecule has 11 nitrogen and oxygen atoms in total. The van der Waals surface area contributed by atoms with Gasteiger partial charge < -0.3 is 0 Å². The first-order valence-corrected chi connectivity index (χ1v) is 8.85. The molecule has 0 saturated heterocycles. The zero-order chi connectivity index (χ0) is 22.2. The van der Waals surface area contributed by atoms with Crippen LogP contribution < -0.4 is 0 Å². The van der Waals surface area contributed by atoms with Crippen molar-refractivity contribution in [2.75, 3.05) is 0 Å². The average Bonchev–Trinajstić information content (AvgIpc) is 2.84. The van der Waals surface area contributed by atoms with Crippen LogP contribution in [0, 0.1) is 46.3 Å². The molecular formula is C21H5N11. The first-order chi connectivity index (χ1) is 15.6. The van der Waals surface area contributed by atoms with Crippen molar-refractivity contribution in [1.82, 2.24) is 39.9 Å². The van der Waals surface area contributed by atoms with E-state index >= 15 is 0 Å². The van der Waals surface area contributed by atoms with Crippen molar-refractivity contribution in [2.45, 2.75) is 0 Å². The Kier molecular flexibility index (Phi) is 4.02. The second-order valence-electron chi connectivity index (χ2n) is 6.30. The number of terminal acetylenes is 1. The van der Waals surface area contributed by atoms with E-state index in [4.69, 9.17) is 16.9 Å². The van der Waals surface area contributed by atoms with Crippen LogP contribution in [0.15, 0.2) is 24.4 Å². The van der Waals surface area contributed by atoms with Crippen LogP contribution in [0.3, 0.4) is 0 Å². The first kappa shape index (κ1) is 18.4. The first-order valence-electron chi connectivity index (χ1n) is 8.85. The van der Waals surface area contributed by atoms with Crippen LogP contribution >= 0.6 is 0 Å². The highest BCUT2D eigenvalue weighted by molar-refractivity contribution is 5.86. The summed E-state index contributed by atoms with van der Waals surface area (Å²) in [4.78, 5) is 33.9. The third-order valence-electron chi connectivity index (χ3n) is 4.43. The third-order valence-corrected chi connectivity index (χ3v) is 4.43. The van der Waals surface area contributed by atoms with Gasteiger partial charge >= 0.3 is 0 Å². The minimum Gasteiger partial charge on any atom is -0.232 e. The van der Waals surface area contributed by atoms with Gasteiger partial charge in [0.25, 0.3) is 0 Å². The van der Waals surface area contributed by atoms with Gasteiger partial charge in [0.15, 0.2) is 45.4 Å². The van der Waals surface area contributed by atoms with E-state index in [-0.39, 0.29) is 45.4 Å². The molecule has 0 amide bonds.